The van der Waals surface area contributed by atoms with E-state index in [1.54, 1.807) is 25.3 Å². The van der Waals surface area contributed by atoms with Gasteiger partial charge in [-0.3, -0.25) is 4.79 Å². The number of nitrogens with zero attached hydrogens (tertiary/aromatic N) is 1. The Morgan fingerprint density at radius 3 is 2.73 bits per heavy atom. The third-order valence-corrected chi connectivity index (χ3v) is 5.43. The standard InChI is InChI=1S/C20H24BrN3O2/c1-13-5-3-4-10-24(13)18-8-7-15(12-17(18)22)23-20(25)14-6-9-19(26-2)16(21)11-14/h6-9,11-13H,3-5,10,22H2,1-2H3,(H,23,25)/t13-/m1/s1. The third kappa shape index (κ3) is 3.96. The summed E-state index contributed by atoms with van der Waals surface area (Å²) >= 11 is 3.40. The Labute approximate surface area is 162 Å². The maximum Gasteiger partial charge on any atom is 0.255 e. The predicted octanol–water partition coefficient (Wildman–Crippen LogP) is 4.67. The smallest absolute Gasteiger partial charge is 0.255 e. The molecule has 2 aromatic rings. The van der Waals surface area contributed by atoms with Gasteiger partial charge in [-0.25, -0.2) is 0 Å². The van der Waals surface area contributed by atoms with E-state index in [2.05, 4.69) is 33.1 Å². The van der Waals surface area contributed by atoms with Gasteiger partial charge in [0, 0.05) is 23.8 Å². The molecule has 0 radical (unpaired) electrons. The van der Waals surface area contributed by atoms with E-state index < -0.39 is 0 Å². The first kappa shape index (κ1) is 18.6. The van der Waals surface area contributed by atoms with Crippen molar-refractivity contribution in [1.82, 2.24) is 0 Å². The largest absolute Gasteiger partial charge is 0.496 e. The lowest BCUT2D eigenvalue weighted by Crippen LogP contribution is -2.37. The van der Waals surface area contributed by atoms with E-state index in [1.807, 2.05) is 18.2 Å². The van der Waals surface area contributed by atoms with Crippen LogP contribution in [0.1, 0.15) is 36.5 Å². The van der Waals surface area contributed by atoms with E-state index >= 15 is 0 Å². The fourth-order valence-corrected chi connectivity index (χ4v) is 3.90. The molecule has 1 fully saturated rings. The van der Waals surface area contributed by atoms with Gasteiger partial charge in [-0.2, -0.15) is 0 Å². The molecule has 0 bridgehead atoms. The number of nitrogen functional groups attached to an aromatic ring is 1. The van der Waals surface area contributed by atoms with Gasteiger partial charge in [0.25, 0.3) is 5.91 Å². The van der Waals surface area contributed by atoms with Gasteiger partial charge >= 0.3 is 0 Å². The van der Waals surface area contributed by atoms with Gasteiger partial charge in [0.15, 0.2) is 0 Å². The summed E-state index contributed by atoms with van der Waals surface area (Å²) in [6.45, 7) is 3.26. The number of halogens is 1. The molecule has 0 aromatic heterocycles. The summed E-state index contributed by atoms with van der Waals surface area (Å²) in [5.74, 6) is 0.498. The van der Waals surface area contributed by atoms with Crippen molar-refractivity contribution in [3.8, 4) is 5.75 Å². The number of anilines is 3. The minimum Gasteiger partial charge on any atom is -0.496 e. The number of nitrogens with one attached hydrogen (secondary N) is 1. The Bertz CT molecular complexity index is 810. The van der Waals surface area contributed by atoms with Crippen molar-refractivity contribution < 1.29 is 9.53 Å². The zero-order valence-corrected chi connectivity index (χ0v) is 16.7. The molecule has 26 heavy (non-hydrogen) atoms. The second kappa shape index (κ2) is 7.99. The minimum atomic E-state index is -0.188. The fraction of sp³-hybridized carbons (Fsp3) is 0.350. The first-order valence-corrected chi connectivity index (χ1v) is 9.60. The SMILES string of the molecule is COc1ccc(C(=O)Nc2ccc(N3CCCC[C@H]3C)c(N)c2)cc1Br. The molecule has 2 aromatic carbocycles. The molecule has 5 nitrogen and oxygen atoms in total. The number of hydrogen-bond acceptors (Lipinski definition) is 4. The molecule has 3 rings (SSSR count). The van der Waals surface area contributed by atoms with Crippen molar-refractivity contribution in [2.75, 3.05) is 29.6 Å². The third-order valence-electron chi connectivity index (χ3n) is 4.81. The van der Waals surface area contributed by atoms with Crippen LogP contribution in [0.2, 0.25) is 0 Å². The van der Waals surface area contributed by atoms with E-state index in [-0.39, 0.29) is 5.91 Å². The molecular formula is C20H24BrN3O2. The number of carbonyl (C=O) groups excluding carboxylic acids is 1. The van der Waals surface area contributed by atoms with E-state index in [0.717, 1.165) is 16.7 Å². The molecule has 3 N–H and O–H groups in total. The number of hydrogen-bond donors (Lipinski definition) is 2. The highest BCUT2D eigenvalue weighted by atomic mass is 79.9. The fourth-order valence-electron chi connectivity index (χ4n) is 3.36. The number of ether oxygens (including phenoxy) is 1. The zero-order valence-electron chi connectivity index (χ0n) is 15.1. The molecule has 0 aliphatic carbocycles. The number of nitrogens with two attached hydrogens (primary N) is 1. The molecule has 1 amide bonds. The van der Waals surface area contributed by atoms with Crippen LogP contribution >= 0.6 is 15.9 Å². The summed E-state index contributed by atoms with van der Waals surface area (Å²) in [6.07, 6.45) is 3.64. The summed E-state index contributed by atoms with van der Waals surface area (Å²) < 4.78 is 5.93. The molecule has 1 aliphatic rings. The molecular weight excluding hydrogens is 394 g/mol. The number of methoxy groups -OCH3 is 1. The number of benzene rings is 2. The minimum absolute atomic E-state index is 0.188. The van der Waals surface area contributed by atoms with Crippen LogP contribution in [0.5, 0.6) is 5.75 Å². The quantitative estimate of drug-likeness (QED) is 0.709. The first-order valence-electron chi connectivity index (χ1n) is 8.80. The Morgan fingerprint density at radius 2 is 2.08 bits per heavy atom. The van der Waals surface area contributed by atoms with Crippen molar-refractivity contribution >= 4 is 38.9 Å². The Hall–Kier alpha value is -2.21. The summed E-state index contributed by atoms with van der Waals surface area (Å²) in [5, 5.41) is 2.91. The summed E-state index contributed by atoms with van der Waals surface area (Å²) in [6, 6.07) is 11.4. The average molecular weight is 418 g/mol. The van der Waals surface area contributed by atoms with Crippen LogP contribution in [0.15, 0.2) is 40.9 Å². The Kier molecular flexibility index (Phi) is 5.71. The van der Waals surface area contributed by atoms with Gasteiger partial charge in [-0.05, 0) is 78.5 Å². The van der Waals surface area contributed by atoms with Crippen molar-refractivity contribution in [3.63, 3.8) is 0 Å². The van der Waals surface area contributed by atoms with Crippen LogP contribution in [-0.2, 0) is 0 Å². The summed E-state index contributed by atoms with van der Waals surface area (Å²) in [5.41, 5.74) is 9.24. The number of carbonyl (C=O) groups is 1. The number of amides is 1. The normalized spacial score (nSPS) is 17.0. The Morgan fingerprint density at radius 1 is 1.27 bits per heavy atom. The Balaban J connectivity index is 1.75. The van der Waals surface area contributed by atoms with E-state index in [9.17, 15) is 4.79 Å². The molecule has 1 heterocycles. The van der Waals surface area contributed by atoms with Gasteiger partial charge < -0.3 is 20.7 Å². The molecule has 0 spiro atoms. The van der Waals surface area contributed by atoms with E-state index in [4.69, 9.17) is 10.5 Å². The van der Waals surface area contributed by atoms with Crippen molar-refractivity contribution in [2.24, 2.45) is 0 Å². The summed E-state index contributed by atoms with van der Waals surface area (Å²) in [4.78, 5) is 14.8. The molecule has 1 saturated heterocycles. The topological polar surface area (TPSA) is 67.6 Å². The van der Waals surface area contributed by atoms with Gasteiger partial charge in [-0.15, -0.1) is 0 Å². The van der Waals surface area contributed by atoms with Gasteiger partial charge in [-0.1, -0.05) is 0 Å². The molecule has 138 valence electrons. The van der Waals surface area contributed by atoms with E-state index in [0.29, 0.717) is 28.7 Å². The van der Waals surface area contributed by atoms with Crippen molar-refractivity contribution in [2.45, 2.75) is 32.2 Å². The highest BCUT2D eigenvalue weighted by Gasteiger charge is 2.20. The highest BCUT2D eigenvalue weighted by Crippen LogP contribution is 2.32. The van der Waals surface area contributed by atoms with Gasteiger partial charge in [0.05, 0.1) is 23.0 Å². The molecule has 6 heteroatoms. The summed E-state index contributed by atoms with van der Waals surface area (Å²) in [7, 11) is 1.59. The molecule has 0 unspecified atom stereocenters. The van der Waals surface area contributed by atoms with Gasteiger partial charge in [0.1, 0.15) is 5.75 Å². The van der Waals surface area contributed by atoms with Crippen LogP contribution < -0.4 is 20.7 Å². The number of rotatable bonds is 4. The van der Waals surface area contributed by atoms with Crippen LogP contribution in [0.25, 0.3) is 0 Å². The molecule has 1 atom stereocenters. The second-order valence-corrected chi connectivity index (χ2v) is 7.47. The van der Waals surface area contributed by atoms with Crippen LogP contribution in [0.3, 0.4) is 0 Å². The number of piperidine rings is 1. The van der Waals surface area contributed by atoms with Crippen molar-refractivity contribution in [3.05, 3.63) is 46.4 Å². The molecule has 0 saturated carbocycles. The lowest BCUT2D eigenvalue weighted by molar-refractivity contribution is 0.102. The average Bonchev–Trinajstić information content (AvgIpc) is 2.62. The monoisotopic (exact) mass is 417 g/mol. The van der Waals surface area contributed by atoms with Gasteiger partial charge in [0.2, 0.25) is 0 Å². The molecule has 1 aliphatic heterocycles. The van der Waals surface area contributed by atoms with Crippen LogP contribution in [0.4, 0.5) is 17.1 Å². The maximum atomic E-state index is 12.5. The lowest BCUT2D eigenvalue weighted by atomic mass is 10.0. The highest BCUT2D eigenvalue weighted by molar-refractivity contribution is 9.10. The predicted molar refractivity (Wildman–Crippen MR) is 110 cm³/mol. The first-order chi connectivity index (χ1) is 12.5. The second-order valence-electron chi connectivity index (χ2n) is 6.62. The van der Waals surface area contributed by atoms with Crippen molar-refractivity contribution in [1.29, 1.82) is 0 Å². The van der Waals surface area contributed by atoms with E-state index in [1.165, 1.54) is 19.3 Å². The lowest BCUT2D eigenvalue weighted by Gasteiger charge is -2.36. The maximum absolute atomic E-state index is 12.5. The van der Waals surface area contributed by atoms with Crippen LogP contribution in [0, 0.1) is 0 Å². The van der Waals surface area contributed by atoms with Crippen LogP contribution in [-0.4, -0.2) is 25.6 Å². The zero-order chi connectivity index (χ0) is 18.7.